The molecule has 0 atom stereocenters. The Hall–Kier alpha value is -2.39. The van der Waals surface area contributed by atoms with Crippen molar-refractivity contribution >= 4 is 11.6 Å². The average Bonchev–Trinajstić information content (AvgIpc) is 2.63. The number of hydrogen-bond donors (Lipinski definition) is 1. The zero-order valence-corrected chi connectivity index (χ0v) is 15.2. The fourth-order valence-electron chi connectivity index (χ4n) is 2.79. The van der Waals surface area contributed by atoms with E-state index in [1.165, 1.54) is 0 Å². The smallest absolute Gasteiger partial charge is 0.270 e. The van der Waals surface area contributed by atoms with E-state index in [4.69, 9.17) is 16.6 Å². The quantitative estimate of drug-likeness (QED) is 0.654. The van der Waals surface area contributed by atoms with Crippen molar-refractivity contribution in [3.05, 3.63) is 76.2 Å². The summed E-state index contributed by atoms with van der Waals surface area (Å²) in [6, 6.07) is 17.8. The Morgan fingerprint density at radius 1 is 1.00 bits per heavy atom. The Balaban J connectivity index is 2.18. The standard InChI is InChI=1S/C21H21ClN2O/c1-14(2)12-18-21(25)24-20(17-10-8-15(13-22)9-11-17)19(23-18)16-6-4-3-5-7-16/h3-11,14H,12-13H2,1-2H3,(H,24,25). The average molecular weight is 353 g/mol. The number of nitrogens with zero attached hydrogens (tertiary/aromatic N) is 1. The van der Waals surface area contributed by atoms with E-state index in [-0.39, 0.29) is 5.56 Å². The van der Waals surface area contributed by atoms with E-state index in [0.717, 1.165) is 28.1 Å². The molecule has 0 aliphatic heterocycles. The minimum Gasteiger partial charge on any atom is -0.319 e. The fraction of sp³-hybridized carbons (Fsp3) is 0.238. The Kier molecular flexibility index (Phi) is 5.34. The third-order valence-electron chi connectivity index (χ3n) is 4.03. The van der Waals surface area contributed by atoms with Gasteiger partial charge >= 0.3 is 0 Å². The third-order valence-corrected chi connectivity index (χ3v) is 4.34. The van der Waals surface area contributed by atoms with Crippen LogP contribution < -0.4 is 5.56 Å². The number of aromatic amines is 1. The maximum Gasteiger partial charge on any atom is 0.270 e. The first-order valence-electron chi connectivity index (χ1n) is 8.42. The van der Waals surface area contributed by atoms with Crippen LogP contribution in [0.5, 0.6) is 0 Å². The summed E-state index contributed by atoms with van der Waals surface area (Å²) in [4.78, 5) is 20.3. The monoisotopic (exact) mass is 352 g/mol. The summed E-state index contributed by atoms with van der Waals surface area (Å²) in [6.07, 6.45) is 0.653. The van der Waals surface area contributed by atoms with Crippen LogP contribution in [-0.2, 0) is 12.3 Å². The van der Waals surface area contributed by atoms with Crippen LogP contribution in [0.2, 0.25) is 0 Å². The van der Waals surface area contributed by atoms with Crippen molar-refractivity contribution in [1.82, 2.24) is 9.97 Å². The van der Waals surface area contributed by atoms with Gasteiger partial charge in [0.1, 0.15) is 5.69 Å². The Bertz CT molecular complexity index is 899. The Labute approximate surface area is 152 Å². The second-order valence-electron chi connectivity index (χ2n) is 6.53. The van der Waals surface area contributed by atoms with Crippen LogP contribution in [0, 0.1) is 5.92 Å². The highest BCUT2D eigenvalue weighted by Gasteiger charge is 2.15. The molecule has 0 spiro atoms. The van der Waals surface area contributed by atoms with Crippen molar-refractivity contribution in [2.75, 3.05) is 0 Å². The molecular formula is C21H21ClN2O. The van der Waals surface area contributed by atoms with E-state index in [9.17, 15) is 4.79 Å². The molecule has 1 N–H and O–H groups in total. The molecule has 0 amide bonds. The van der Waals surface area contributed by atoms with Crippen molar-refractivity contribution in [3.63, 3.8) is 0 Å². The molecule has 0 aliphatic carbocycles. The van der Waals surface area contributed by atoms with E-state index >= 15 is 0 Å². The molecule has 1 aromatic heterocycles. The van der Waals surface area contributed by atoms with Gasteiger partial charge in [-0.05, 0) is 17.9 Å². The molecule has 3 aromatic rings. The number of hydrogen-bond acceptors (Lipinski definition) is 2. The molecule has 0 saturated carbocycles. The Morgan fingerprint density at radius 3 is 2.28 bits per heavy atom. The van der Waals surface area contributed by atoms with Crippen molar-refractivity contribution in [2.24, 2.45) is 5.92 Å². The molecular weight excluding hydrogens is 332 g/mol. The van der Waals surface area contributed by atoms with E-state index in [2.05, 4.69) is 18.8 Å². The van der Waals surface area contributed by atoms with Gasteiger partial charge in [-0.1, -0.05) is 68.4 Å². The lowest BCUT2D eigenvalue weighted by Crippen LogP contribution is -2.19. The SMILES string of the molecule is CC(C)Cc1nc(-c2ccccc2)c(-c2ccc(CCl)cc2)[nH]c1=O. The zero-order chi connectivity index (χ0) is 17.8. The summed E-state index contributed by atoms with van der Waals surface area (Å²) in [6.45, 7) is 4.17. The summed E-state index contributed by atoms with van der Waals surface area (Å²) < 4.78 is 0. The van der Waals surface area contributed by atoms with E-state index in [1.54, 1.807) is 0 Å². The number of rotatable bonds is 5. The summed E-state index contributed by atoms with van der Waals surface area (Å²) >= 11 is 5.88. The second kappa shape index (κ2) is 7.66. The molecule has 0 saturated heterocycles. The molecule has 0 fully saturated rings. The predicted molar refractivity (Wildman–Crippen MR) is 104 cm³/mol. The lowest BCUT2D eigenvalue weighted by atomic mass is 10.0. The first kappa shape index (κ1) is 17.4. The van der Waals surface area contributed by atoms with Gasteiger partial charge in [-0.3, -0.25) is 4.79 Å². The van der Waals surface area contributed by atoms with Crippen LogP contribution in [0.1, 0.15) is 25.1 Å². The van der Waals surface area contributed by atoms with Gasteiger partial charge in [0.15, 0.2) is 0 Å². The summed E-state index contributed by atoms with van der Waals surface area (Å²) in [5.74, 6) is 0.833. The van der Waals surface area contributed by atoms with Crippen LogP contribution in [-0.4, -0.2) is 9.97 Å². The lowest BCUT2D eigenvalue weighted by molar-refractivity contribution is 0.629. The number of nitrogens with one attached hydrogen (secondary N) is 1. The molecule has 0 bridgehead atoms. The first-order chi connectivity index (χ1) is 12.1. The molecule has 0 unspecified atom stereocenters. The highest BCUT2D eigenvalue weighted by Crippen LogP contribution is 2.28. The molecule has 0 aliphatic rings. The van der Waals surface area contributed by atoms with Gasteiger partial charge in [0.2, 0.25) is 0 Å². The molecule has 4 heteroatoms. The highest BCUT2D eigenvalue weighted by molar-refractivity contribution is 6.17. The van der Waals surface area contributed by atoms with Crippen molar-refractivity contribution in [3.8, 4) is 22.5 Å². The van der Waals surface area contributed by atoms with E-state index < -0.39 is 0 Å². The molecule has 3 nitrogen and oxygen atoms in total. The molecule has 25 heavy (non-hydrogen) atoms. The molecule has 3 rings (SSSR count). The number of H-pyrrole nitrogens is 1. The van der Waals surface area contributed by atoms with Crippen LogP contribution in [0.25, 0.3) is 22.5 Å². The maximum atomic E-state index is 12.5. The second-order valence-corrected chi connectivity index (χ2v) is 6.80. The maximum absolute atomic E-state index is 12.5. The minimum atomic E-state index is -0.121. The summed E-state index contributed by atoms with van der Waals surface area (Å²) in [5, 5.41) is 0. The summed E-state index contributed by atoms with van der Waals surface area (Å²) in [5.41, 5.74) is 4.95. The molecule has 0 radical (unpaired) electrons. The fourth-order valence-corrected chi connectivity index (χ4v) is 2.96. The third kappa shape index (κ3) is 3.99. The summed E-state index contributed by atoms with van der Waals surface area (Å²) in [7, 11) is 0. The number of aromatic nitrogens is 2. The number of halogens is 1. The van der Waals surface area contributed by atoms with Gasteiger partial charge in [-0.2, -0.15) is 0 Å². The van der Waals surface area contributed by atoms with Crippen molar-refractivity contribution in [2.45, 2.75) is 26.1 Å². The number of benzene rings is 2. The van der Waals surface area contributed by atoms with Gasteiger partial charge in [0.05, 0.1) is 11.4 Å². The first-order valence-corrected chi connectivity index (χ1v) is 8.96. The Morgan fingerprint density at radius 2 is 1.68 bits per heavy atom. The van der Waals surface area contributed by atoms with Crippen LogP contribution >= 0.6 is 11.6 Å². The normalized spacial score (nSPS) is 11.0. The van der Waals surface area contributed by atoms with Crippen LogP contribution in [0.4, 0.5) is 0 Å². The van der Waals surface area contributed by atoms with Gasteiger partial charge < -0.3 is 4.98 Å². The van der Waals surface area contributed by atoms with E-state index in [0.29, 0.717) is 23.9 Å². The zero-order valence-electron chi connectivity index (χ0n) is 14.4. The van der Waals surface area contributed by atoms with Crippen molar-refractivity contribution in [1.29, 1.82) is 0 Å². The number of alkyl halides is 1. The van der Waals surface area contributed by atoms with Crippen LogP contribution in [0.3, 0.4) is 0 Å². The molecule has 128 valence electrons. The molecule has 1 heterocycles. The van der Waals surface area contributed by atoms with Gasteiger partial charge in [-0.15, -0.1) is 11.6 Å². The van der Waals surface area contributed by atoms with Gasteiger partial charge in [0.25, 0.3) is 5.56 Å². The lowest BCUT2D eigenvalue weighted by Gasteiger charge is -2.12. The van der Waals surface area contributed by atoms with Crippen molar-refractivity contribution < 1.29 is 0 Å². The van der Waals surface area contributed by atoms with Crippen LogP contribution in [0.15, 0.2) is 59.4 Å². The predicted octanol–water partition coefficient (Wildman–Crippen LogP) is 5.04. The largest absolute Gasteiger partial charge is 0.319 e. The van der Waals surface area contributed by atoms with Gasteiger partial charge in [-0.25, -0.2) is 4.98 Å². The topological polar surface area (TPSA) is 45.8 Å². The molecule has 2 aromatic carbocycles. The van der Waals surface area contributed by atoms with Gasteiger partial charge in [0, 0.05) is 17.0 Å². The van der Waals surface area contributed by atoms with E-state index in [1.807, 2.05) is 54.6 Å². The highest BCUT2D eigenvalue weighted by atomic mass is 35.5. The minimum absolute atomic E-state index is 0.121.